The standard InChI is InChI=1S/C34H36BrN3O7/c1-21-18-36-26(40)15-9-4-10-16-37(19-22-11-5-2-6-12-22)32(42)30-34-17-24(35)29(45-34)27(33(43)44-21)28(34)31(41)38(30)25(20-39)23-13-7-3-8-14-23/h2-8,10-14,17,21,25,27-30,39H,9,15-16,18-20H2,1H3,(H,36,40)/b10-4-/t21-,25-,27+,28-,29+,30+,34-/m1/s1. The molecule has 2 saturated heterocycles. The lowest BCUT2D eigenvalue weighted by Crippen LogP contribution is -2.56. The van der Waals surface area contributed by atoms with Gasteiger partial charge in [-0.15, -0.1) is 0 Å². The van der Waals surface area contributed by atoms with Gasteiger partial charge in [0.15, 0.2) is 0 Å². The molecule has 2 aromatic rings. The van der Waals surface area contributed by atoms with Crippen molar-refractivity contribution in [1.29, 1.82) is 0 Å². The van der Waals surface area contributed by atoms with Crippen molar-refractivity contribution in [3.63, 3.8) is 0 Å². The van der Waals surface area contributed by atoms with Crippen LogP contribution in [-0.4, -0.2) is 82.1 Å². The molecule has 1 spiro atoms. The van der Waals surface area contributed by atoms with Crippen molar-refractivity contribution in [2.45, 2.75) is 56.2 Å². The highest BCUT2D eigenvalue weighted by molar-refractivity contribution is 9.11. The predicted molar refractivity (Wildman–Crippen MR) is 167 cm³/mol. The molecule has 11 heteroatoms. The average Bonchev–Trinajstić information content (AvgIpc) is 3.63. The van der Waals surface area contributed by atoms with E-state index in [2.05, 4.69) is 21.2 Å². The molecule has 45 heavy (non-hydrogen) atoms. The number of likely N-dealkylation sites (tertiary alicyclic amines) is 1. The molecule has 0 aliphatic carbocycles. The molecule has 4 heterocycles. The molecule has 6 rings (SSSR count). The van der Waals surface area contributed by atoms with Crippen LogP contribution in [0.1, 0.15) is 36.9 Å². The normalized spacial score (nSPS) is 31.7. The smallest absolute Gasteiger partial charge is 0.313 e. The zero-order chi connectivity index (χ0) is 31.7. The predicted octanol–water partition coefficient (Wildman–Crippen LogP) is 3.02. The van der Waals surface area contributed by atoms with Gasteiger partial charge in [0, 0.05) is 24.0 Å². The molecule has 2 aromatic carbocycles. The fourth-order valence-electron chi connectivity index (χ4n) is 6.98. The van der Waals surface area contributed by atoms with Gasteiger partial charge < -0.3 is 29.7 Å². The van der Waals surface area contributed by atoms with Crippen LogP contribution >= 0.6 is 15.9 Å². The lowest BCUT2D eigenvalue weighted by Gasteiger charge is -2.39. The number of nitrogens with zero attached hydrogens (tertiary/aromatic N) is 2. The molecular weight excluding hydrogens is 642 g/mol. The summed E-state index contributed by atoms with van der Waals surface area (Å²) < 4.78 is 12.9. The number of nitrogens with one attached hydrogen (secondary N) is 1. The Morgan fingerprint density at radius 1 is 1.02 bits per heavy atom. The Hall–Kier alpha value is -3.80. The Morgan fingerprint density at radius 2 is 1.73 bits per heavy atom. The number of carbonyl (C=O) groups is 4. The molecule has 0 saturated carbocycles. The molecule has 0 aromatic heterocycles. The van der Waals surface area contributed by atoms with E-state index in [1.54, 1.807) is 30.0 Å². The second kappa shape index (κ2) is 12.9. The minimum atomic E-state index is -1.48. The van der Waals surface area contributed by atoms with Crippen molar-refractivity contribution >= 4 is 39.6 Å². The summed E-state index contributed by atoms with van der Waals surface area (Å²) >= 11 is 3.56. The summed E-state index contributed by atoms with van der Waals surface area (Å²) in [7, 11) is 0. The summed E-state index contributed by atoms with van der Waals surface area (Å²) in [6.07, 6.45) is 4.67. The van der Waals surface area contributed by atoms with E-state index in [0.29, 0.717) is 16.5 Å². The molecule has 2 N–H and O–H groups in total. The molecule has 5 bridgehead atoms. The molecule has 236 valence electrons. The summed E-state index contributed by atoms with van der Waals surface area (Å²) in [6.45, 7) is 1.80. The molecule has 10 nitrogen and oxygen atoms in total. The molecule has 4 aliphatic heterocycles. The number of halogens is 1. The molecule has 4 aliphatic rings. The Labute approximate surface area is 270 Å². The molecule has 2 fully saturated rings. The van der Waals surface area contributed by atoms with E-state index in [1.165, 1.54) is 4.90 Å². The van der Waals surface area contributed by atoms with Gasteiger partial charge >= 0.3 is 5.97 Å². The average molecular weight is 679 g/mol. The van der Waals surface area contributed by atoms with E-state index >= 15 is 0 Å². The van der Waals surface area contributed by atoms with Gasteiger partial charge in [0.05, 0.1) is 25.1 Å². The van der Waals surface area contributed by atoms with Crippen molar-refractivity contribution in [1.82, 2.24) is 15.1 Å². The largest absolute Gasteiger partial charge is 0.460 e. The third-order valence-electron chi connectivity index (χ3n) is 9.03. The van der Waals surface area contributed by atoms with Crippen molar-refractivity contribution in [3.8, 4) is 0 Å². The van der Waals surface area contributed by atoms with E-state index in [0.717, 1.165) is 5.56 Å². The Bertz CT molecular complexity index is 1520. The molecule has 3 amide bonds. The van der Waals surface area contributed by atoms with Gasteiger partial charge in [0.2, 0.25) is 17.7 Å². The highest BCUT2D eigenvalue weighted by Crippen LogP contribution is 2.60. The van der Waals surface area contributed by atoms with Gasteiger partial charge in [0.25, 0.3) is 0 Å². The van der Waals surface area contributed by atoms with E-state index in [9.17, 15) is 24.3 Å². The summed E-state index contributed by atoms with van der Waals surface area (Å²) in [5.41, 5.74) is 0.0634. The molecule has 0 radical (unpaired) electrons. The van der Waals surface area contributed by atoms with E-state index < -0.39 is 60.2 Å². The van der Waals surface area contributed by atoms with E-state index in [1.807, 2.05) is 60.7 Å². The van der Waals surface area contributed by atoms with Crippen LogP contribution in [0.15, 0.2) is 83.4 Å². The fraction of sp³-hybridized carbons (Fsp3) is 0.412. The highest BCUT2D eigenvalue weighted by atomic mass is 79.9. The zero-order valence-corrected chi connectivity index (χ0v) is 26.5. The first kappa shape index (κ1) is 31.2. The van der Waals surface area contributed by atoms with Gasteiger partial charge in [-0.2, -0.15) is 0 Å². The van der Waals surface area contributed by atoms with E-state index in [4.69, 9.17) is 9.47 Å². The lowest BCUT2D eigenvalue weighted by atomic mass is 9.74. The van der Waals surface area contributed by atoms with Crippen LogP contribution in [0, 0.1) is 11.8 Å². The highest BCUT2D eigenvalue weighted by Gasteiger charge is 2.75. The summed E-state index contributed by atoms with van der Waals surface area (Å²) in [5.74, 6) is -3.77. The number of ether oxygens (including phenoxy) is 2. The topological polar surface area (TPSA) is 125 Å². The number of aliphatic hydroxyl groups is 1. The van der Waals surface area contributed by atoms with Gasteiger partial charge in [-0.1, -0.05) is 88.7 Å². The van der Waals surface area contributed by atoms with Gasteiger partial charge in [-0.25, -0.2) is 0 Å². The summed E-state index contributed by atoms with van der Waals surface area (Å²) in [6, 6.07) is 16.5. The SMILES string of the molecule is C[C@@H]1CNC(=O)CC/C=C\CN(Cc2ccccc2)C(=O)[C@@H]2N([C@H](CO)c3ccccc3)C(=O)[C@H]3[C@H](C(=O)O1)[C@H]1O[C@@]23C=C1Br. The summed E-state index contributed by atoms with van der Waals surface area (Å²) in [5, 5.41) is 13.5. The number of hydrogen-bond acceptors (Lipinski definition) is 7. The number of aliphatic hydroxyl groups excluding tert-OH is 1. The number of hydrogen-bond donors (Lipinski definition) is 2. The maximum Gasteiger partial charge on any atom is 0.313 e. The Kier molecular flexibility index (Phi) is 8.94. The van der Waals surface area contributed by atoms with Crippen LogP contribution in [-0.2, 0) is 35.2 Å². The number of allylic oxidation sites excluding steroid dienone is 1. The maximum atomic E-state index is 14.9. The number of cyclic esters (lactones) is 1. The van der Waals surface area contributed by atoms with Gasteiger partial charge in [-0.3, -0.25) is 19.2 Å². The van der Waals surface area contributed by atoms with Gasteiger partial charge in [0.1, 0.15) is 29.8 Å². The second-order valence-electron chi connectivity index (χ2n) is 11.9. The van der Waals surface area contributed by atoms with Crippen LogP contribution in [0.3, 0.4) is 0 Å². The van der Waals surface area contributed by atoms with Crippen molar-refractivity contribution in [2.75, 3.05) is 19.7 Å². The van der Waals surface area contributed by atoms with Crippen LogP contribution in [0.2, 0.25) is 0 Å². The lowest BCUT2D eigenvalue weighted by molar-refractivity contribution is -0.159. The number of fused-ring (bicyclic) bond motifs is 2. The van der Waals surface area contributed by atoms with Crippen LogP contribution in [0.4, 0.5) is 0 Å². The number of rotatable bonds is 5. The number of benzene rings is 2. The van der Waals surface area contributed by atoms with Crippen LogP contribution in [0.25, 0.3) is 0 Å². The number of esters is 1. The van der Waals surface area contributed by atoms with Crippen molar-refractivity contribution in [2.24, 2.45) is 11.8 Å². The zero-order valence-electron chi connectivity index (χ0n) is 24.9. The van der Waals surface area contributed by atoms with E-state index in [-0.39, 0.29) is 37.9 Å². The first-order valence-electron chi connectivity index (χ1n) is 15.2. The Morgan fingerprint density at radius 3 is 2.44 bits per heavy atom. The third-order valence-corrected chi connectivity index (χ3v) is 9.71. The molecule has 7 atom stereocenters. The monoisotopic (exact) mass is 677 g/mol. The van der Waals surface area contributed by atoms with Crippen molar-refractivity contribution in [3.05, 3.63) is 94.5 Å². The summed E-state index contributed by atoms with van der Waals surface area (Å²) in [4.78, 5) is 58.9. The first-order valence-corrected chi connectivity index (χ1v) is 16.0. The van der Waals surface area contributed by atoms with Crippen LogP contribution < -0.4 is 5.32 Å². The quantitative estimate of drug-likeness (QED) is 0.368. The third kappa shape index (κ3) is 5.73. The Balaban J connectivity index is 1.48. The number of carbonyl (C=O) groups excluding carboxylic acids is 4. The maximum absolute atomic E-state index is 14.9. The van der Waals surface area contributed by atoms with Crippen LogP contribution in [0.5, 0.6) is 0 Å². The minimum absolute atomic E-state index is 0.117. The minimum Gasteiger partial charge on any atom is -0.460 e. The van der Waals surface area contributed by atoms with Crippen molar-refractivity contribution < 1.29 is 33.8 Å². The molecular formula is C34H36BrN3O7. The van der Waals surface area contributed by atoms with Gasteiger partial charge in [-0.05, 0) is 30.5 Å². The first-order chi connectivity index (χ1) is 21.7. The molecule has 0 unspecified atom stereocenters. The number of amides is 3. The fourth-order valence-corrected chi connectivity index (χ4v) is 7.71. The second-order valence-corrected chi connectivity index (χ2v) is 12.9.